The zero-order valence-corrected chi connectivity index (χ0v) is 15.1. The molecule has 1 aromatic rings. The van der Waals surface area contributed by atoms with E-state index in [1.807, 2.05) is 31.2 Å². The Bertz CT molecular complexity index is 553. The monoisotopic (exact) mass is 334 g/mol. The van der Waals surface area contributed by atoms with E-state index < -0.39 is 0 Å². The molecule has 0 amide bonds. The first-order valence-electron chi connectivity index (χ1n) is 9.01. The molecular weight excluding hydrogens is 304 g/mol. The molecule has 7 heteroatoms. The number of morpholine rings is 1. The van der Waals surface area contributed by atoms with Crippen LogP contribution in [0.4, 0.5) is 0 Å². The summed E-state index contributed by atoms with van der Waals surface area (Å²) in [6, 6.07) is 0.817. The molecule has 24 heavy (non-hydrogen) atoms. The van der Waals surface area contributed by atoms with Gasteiger partial charge in [-0.1, -0.05) is 6.92 Å². The van der Waals surface area contributed by atoms with Crippen LogP contribution in [-0.4, -0.2) is 78.0 Å². The minimum Gasteiger partial charge on any atom is -0.370 e. The highest BCUT2D eigenvalue weighted by molar-refractivity contribution is 5.80. The molecule has 1 saturated carbocycles. The van der Waals surface area contributed by atoms with Crippen LogP contribution in [0.25, 0.3) is 0 Å². The van der Waals surface area contributed by atoms with E-state index in [2.05, 4.69) is 32.1 Å². The number of aromatic nitrogens is 2. The largest absolute Gasteiger partial charge is 0.370 e. The Hall–Kier alpha value is -1.60. The van der Waals surface area contributed by atoms with Gasteiger partial charge < -0.3 is 15.0 Å². The maximum absolute atomic E-state index is 5.92. The number of aryl methyl sites for hydroxylation is 1. The molecule has 0 bridgehead atoms. The molecule has 7 nitrogen and oxygen atoms in total. The summed E-state index contributed by atoms with van der Waals surface area (Å²) in [4.78, 5) is 9.30. The Labute approximate surface area is 144 Å². The number of hydrogen-bond acceptors (Lipinski definition) is 4. The van der Waals surface area contributed by atoms with Gasteiger partial charge in [-0.15, -0.1) is 0 Å². The average Bonchev–Trinajstić information content (AvgIpc) is 3.35. The Morgan fingerprint density at radius 3 is 2.96 bits per heavy atom. The average molecular weight is 334 g/mol. The van der Waals surface area contributed by atoms with E-state index in [0.717, 1.165) is 50.3 Å². The van der Waals surface area contributed by atoms with Gasteiger partial charge >= 0.3 is 0 Å². The van der Waals surface area contributed by atoms with Crippen LogP contribution in [0.5, 0.6) is 0 Å². The van der Waals surface area contributed by atoms with Crippen LogP contribution in [0.3, 0.4) is 0 Å². The Balaban J connectivity index is 1.51. The van der Waals surface area contributed by atoms with Gasteiger partial charge in [-0.25, -0.2) is 0 Å². The van der Waals surface area contributed by atoms with Crippen LogP contribution in [0.2, 0.25) is 0 Å². The number of nitrogens with zero attached hydrogens (tertiary/aromatic N) is 5. The van der Waals surface area contributed by atoms with Crippen LogP contribution < -0.4 is 5.32 Å². The molecule has 1 aliphatic heterocycles. The molecule has 0 spiro atoms. The van der Waals surface area contributed by atoms with Crippen LogP contribution in [0.15, 0.2) is 17.4 Å². The molecule has 0 aromatic carbocycles. The summed E-state index contributed by atoms with van der Waals surface area (Å²) in [5.74, 6) is 0.971. The number of likely N-dealkylation sites (N-methyl/N-ethyl adjacent to an activating group) is 1. The maximum atomic E-state index is 5.92. The van der Waals surface area contributed by atoms with E-state index in [1.165, 1.54) is 12.8 Å². The van der Waals surface area contributed by atoms with Gasteiger partial charge in [-0.2, -0.15) is 5.10 Å². The van der Waals surface area contributed by atoms with Crippen molar-refractivity contribution in [1.82, 2.24) is 24.9 Å². The topological polar surface area (TPSA) is 57.9 Å². The summed E-state index contributed by atoms with van der Waals surface area (Å²) in [6.45, 7) is 7.78. The molecule has 1 unspecified atom stereocenters. The highest BCUT2D eigenvalue weighted by Gasteiger charge is 2.28. The SMILES string of the molecule is CCN(CCNC(=NC)N1CCOC(c2cnn(C)c2)C1)C1CC1. The van der Waals surface area contributed by atoms with Crippen molar-refractivity contribution < 1.29 is 4.74 Å². The lowest BCUT2D eigenvalue weighted by Gasteiger charge is -2.35. The summed E-state index contributed by atoms with van der Waals surface area (Å²) in [5, 5.41) is 7.77. The zero-order chi connectivity index (χ0) is 16.9. The Kier molecular flexibility index (Phi) is 5.73. The Morgan fingerprint density at radius 1 is 1.50 bits per heavy atom. The van der Waals surface area contributed by atoms with Gasteiger partial charge in [0.05, 0.1) is 19.3 Å². The molecule has 0 radical (unpaired) electrons. The number of nitrogens with one attached hydrogen (secondary N) is 1. The van der Waals surface area contributed by atoms with Crippen molar-refractivity contribution in [2.75, 3.05) is 46.4 Å². The fourth-order valence-electron chi connectivity index (χ4n) is 3.33. The molecular formula is C17H30N6O. The first-order chi connectivity index (χ1) is 11.7. The fraction of sp³-hybridized carbons (Fsp3) is 0.765. The van der Waals surface area contributed by atoms with Gasteiger partial charge in [-0.3, -0.25) is 14.6 Å². The fourth-order valence-corrected chi connectivity index (χ4v) is 3.33. The van der Waals surface area contributed by atoms with Crippen LogP contribution in [0.1, 0.15) is 31.4 Å². The highest BCUT2D eigenvalue weighted by Crippen LogP contribution is 2.26. The first-order valence-corrected chi connectivity index (χ1v) is 9.01. The molecule has 1 atom stereocenters. The first kappa shape index (κ1) is 17.2. The lowest BCUT2D eigenvalue weighted by molar-refractivity contribution is -0.00805. The lowest BCUT2D eigenvalue weighted by Crippen LogP contribution is -2.49. The van der Waals surface area contributed by atoms with Crippen molar-refractivity contribution in [3.8, 4) is 0 Å². The minimum atomic E-state index is 0.0598. The molecule has 1 saturated heterocycles. The third-order valence-corrected chi connectivity index (χ3v) is 4.83. The van der Waals surface area contributed by atoms with Crippen molar-refractivity contribution in [2.24, 2.45) is 12.0 Å². The quantitative estimate of drug-likeness (QED) is 0.617. The third-order valence-electron chi connectivity index (χ3n) is 4.83. The molecule has 1 aliphatic carbocycles. The van der Waals surface area contributed by atoms with Gasteiger partial charge in [0.2, 0.25) is 0 Å². The number of rotatable bonds is 6. The van der Waals surface area contributed by atoms with Crippen LogP contribution >= 0.6 is 0 Å². The van der Waals surface area contributed by atoms with Gasteiger partial charge in [0.1, 0.15) is 6.10 Å². The van der Waals surface area contributed by atoms with Crippen LogP contribution in [0, 0.1) is 0 Å². The predicted molar refractivity (Wildman–Crippen MR) is 95.1 cm³/mol. The molecule has 2 heterocycles. The summed E-state index contributed by atoms with van der Waals surface area (Å²) < 4.78 is 7.74. The smallest absolute Gasteiger partial charge is 0.193 e. The second kappa shape index (κ2) is 7.98. The van der Waals surface area contributed by atoms with Gasteiger partial charge in [0.15, 0.2) is 5.96 Å². The standard InChI is InChI=1S/C17H30N6O/c1-4-22(15-5-6-15)8-7-19-17(18-2)23-9-10-24-16(13-23)14-11-20-21(3)12-14/h11-12,15-16H,4-10,13H2,1-3H3,(H,18,19). The van der Waals surface area contributed by atoms with E-state index in [4.69, 9.17) is 4.74 Å². The maximum Gasteiger partial charge on any atom is 0.193 e. The van der Waals surface area contributed by atoms with E-state index in [0.29, 0.717) is 6.61 Å². The van der Waals surface area contributed by atoms with Crippen LogP contribution in [-0.2, 0) is 11.8 Å². The highest BCUT2D eigenvalue weighted by atomic mass is 16.5. The molecule has 1 aromatic heterocycles. The summed E-state index contributed by atoms with van der Waals surface area (Å²) in [5.41, 5.74) is 1.13. The summed E-state index contributed by atoms with van der Waals surface area (Å²) in [6.07, 6.45) is 6.69. The van der Waals surface area contributed by atoms with Crippen molar-refractivity contribution in [3.05, 3.63) is 18.0 Å². The van der Waals surface area contributed by atoms with Gasteiger partial charge in [0, 0.05) is 51.5 Å². The number of aliphatic imine (C=N–C) groups is 1. The second-order valence-corrected chi connectivity index (χ2v) is 6.59. The van der Waals surface area contributed by atoms with E-state index >= 15 is 0 Å². The zero-order valence-electron chi connectivity index (χ0n) is 15.1. The van der Waals surface area contributed by atoms with E-state index in [9.17, 15) is 0 Å². The Morgan fingerprint density at radius 2 is 2.33 bits per heavy atom. The molecule has 3 rings (SSSR count). The van der Waals surface area contributed by atoms with E-state index in [-0.39, 0.29) is 6.10 Å². The number of ether oxygens (including phenoxy) is 1. The van der Waals surface area contributed by atoms with Gasteiger partial charge in [0.25, 0.3) is 0 Å². The summed E-state index contributed by atoms with van der Waals surface area (Å²) >= 11 is 0. The lowest BCUT2D eigenvalue weighted by atomic mass is 10.1. The molecule has 2 aliphatic rings. The number of guanidine groups is 1. The normalized spacial score (nSPS) is 22.2. The third kappa shape index (κ3) is 4.27. The van der Waals surface area contributed by atoms with Crippen molar-refractivity contribution in [2.45, 2.75) is 31.9 Å². The molecule has 1 N–H and O–H groups in total. The second-order valence-electron chi connectivity index (χ2n) is 6.59. The van der Waals surface area contributed by atoms with Crippen molar-refractivity contribution in [3.63, 3.8) is 0 Å². The summed E-state index contributed by atoms with van der Waals surface area (Å²) in [7, 11) is 3.79. The van der Waals surface area contributed by atoms with Crippen molar-refractivity contribution in [1.29, 1.82) is 0 Å². The van der Waals surface area contributed by atoms with Crippen molar-refractivity contribution >= 4 is 5.96 Å². The van der Waals surface area contributed by atoms with Gasteiger partial charge in [-0.05, 0) is 19.4 Å². The van der Waals surface area contributed by atoms with E-state index in [1.54, 1.807) is 0 Å². The molecule has 2 fully saturated rings. The number of hydrogen-bond donors (Lipinski definition) is 1. The minimum absolute atomic E-state index is 0.0598. The molecule has 134 valence electrons. The predicted octanol–water partition coefficient (Wildman–Crippen LogP) is 0.853.